The maximum Gasteiger partial charge on any atom is 0.416 e. The molecule has 0 radical (unpaired) electrons. The summed E-state index contributed by atoms with van der Waals surface area (Å²) >= 11 is 1.66. The number of methoxy groups -OCH3 is 1. The minimum Gasteiger partial charge on any atom is -0.497 e. The smallest absolute Gasteiger partial charge is 0.416 e. The molecule has 0 aromatic heterocycles. The average molecular weight is 476 g/mol. The summed E-state index contributed by atoms with van der Waals surface area (Å²) in [6.45, 7) is 3.77. The predicted molar refractivity (Wildman–Crippen MR) is 125 cm³/mol. The van der Waals surface area contributed by atoms with Gasteiger partial charge in [0, 0.05) is 16.2 Å². The average Bonchev–Trinajstić information content (AvgIpc) is 3.08. The Bertz CT molecular complexity index is 1120. The van der Waals surface area contributed by atoms with Gasteiger partial charge < -0.3 is 9.47 Å². The van der Waals surface area contributed by atoms with Crippen molar-refractivity contribution in [2.45, 2.75) is 43.0 Å². The van der Waals surface area contributed by atoms with E-state index in [2.05, 4.69) is 0 Å². The molecule has 174 valence electrons. The second-order valence-electron chi connectivity index (χ2n) is 7.87. The fourth-order valence-corrected chi connectivity index (χ4v) is 4.39. The molecule has 4 rings (SSSR count). The lowest BCUT2D eigenvalue weighted by molar-refractivity contribution is -0.137. The quantitative estimate of drug-likeness (QED) is 0.369. The zero-order chi connectivity index (χ0) is 24.5. The first-order valence-electron chi connectivity index (χ1n) is 10.9. The molecule has 1 aliphatic rings. The molecular formula is C25H25F3N2O2S. The molecule has 33 heavy (non-hydrogen) atoms. The number of ether oxygens (including phenoxy) is 2. The Hall–Kier alpha value is -2.68. The Morgan fingerprint density at radius 2 is 1.76 bits per heavy atom. The second kappa shape index (κ2) is 9.67. The highest BCUT2D eigenvalue weighted by molar-refractivity contribution is 7.98. The van der Waals surface area contributed by atoms with E-state index < -0.39 is 18.0 Å². The molecule has 1 heterocycles. The van der Waals surface area contributed by atoms with Gasteiger partial charge in [0.15, 0.2) is 7.64 Å². The summed E-state index contributed by atoms with van der Waals surface area (Å²) in [7, 11) is 1.63. The first-order valence-corrected chi connectivity index (χ1v) is 11.5. The lowest BCUT2D eigenvalue weighted by atomic mass is 10.1. The van der Waals surface area contributed by atoms with Crippen LogP contribution >= 0.6 is 11.8 Å². The van der Waals surface area contributed by atoms with Crippen molar-refractivity contribution in [2.24, 2.45) is 0 Å². The molecule has 0 fully saturated rings. The third kappa shape index (κ3) is 5.46. The SMILES string of the molecule is [2H]N1C(OC(C)C)c2cc(SCc3ccc(OC)cc3)ccc2N1c1ccc(C(F)(F)F)cc1. The minimum atomic E-state index is -4.42. The molecule has 8 heteroatoms. The normalized spacial score (nSPS) is 16.8. The van der Waals surface area contributed by atoms with Gasteiger partial charge in [-0.3, -0.25) is 5.01 Å². The van der Waals surface area contributed by atoms with Crippen LogP contribution in [0.25, 0.3) is 0 Å². The van der Waals surface area contributed by atoms with Gasteiger partial charge in [0.05, 0.1) is 30.2 Å². The lowest BCUT2D eigenvalue weighted by Gasteiger charge is -2.22. The van der Waals surface area contributed by atoms with Crippen LogP contribution in [0.4, 0.5) is 24.5 Å². The van der Waals surface area contributed by atoms with Gasteiger partial charge in [-0.1, -0.05) is 12.1 Å². The first-order chi connectivity index (χ1) is 16.2. The zero-order valence-corrected chi connectivity index (χ0v) is 19.3. The van der Waals surface area contributed by atoms with E-state index >= 15 is 0 Å². The predicted octanol–water partition coefficient (Wildman–Crippen LogP) is 7.09. The van der Waals surface area contributed by atoms with Crippen LogP contribution in [0.1, 0.15) is 36.8 Å². The summed E-state index contributed by atoms with van der Waals surface area (Å²) in [6.07, 6.45) is -5.24. The summed E-state index contributed by atoms with van der Waals surface area (Å²) < 4.78 is 58.9. The van der Waals surface area contributed by atoms with E-state index in [0.717, 1.165) is 39.7 Å². The first kappa shape index (κ1) is 22.1. The Kier molecular flexibility index (Phi) is 6.48. The Morgan fingerprint density at radius 1 is 1.06 bits per heavy atom. The molecule has 1 unspecified atom stereocenters. The summed E-state index contributed by atoms with van der Waals surface area (Å²) in [5, 5.41) is 1.57. The number of fused-ring (bicyclic) bond motifs is 1. The highest BCUT2D eigenvalue weighted by Crippen LogP contribution is 2.41. The maximum absolute atomic E-state index is 13.0. The number of nitrogens with zero attached hydrogens (tertiary/aromatic N) is 1. The molecule has 3 aromatic rings. The number of benzene rings is 3. The minimum absolute atomic E-state index is 0.145. The van der Waals surface area contributed by atoms with E-state index in [1.165, 1.54) is 17.6 Å². The van der Waals surface area contributed by atoms with Gasteiger partial charge in [0.25, 0.3) is 0 Å². The Balaban J connectivity index is 1.61. The highest BCUT2D eigenvalue weighted by atomic mass is 32.2. The largest absolute Gasteiger partial charge is 0.497 e. The van der Waals surface area contributed by atoms with Gasteiger partial charge in [-0.05, 0) is 74.0 Å². The summed E-state index contributed by atoms with van der Waals surface area (Å²) in [6, 6.07) is 18.5. The van der Waals surface area contributed by atoms with Crippen LogP contribution in [0.2, 0.25) is 1.41 Å². The second-order valence-corrected chi connectivity index (χ2v) is 8.92. The topological polar surface area (TPSA) is 33.7 Å². The molecule has 0 amide bonds. The Morgan fingerprint density at radius 3 is 2.36 bits per heavy atom. The molecule has 1 N–H and O–H groups in total. The summed E-state index contributed by atoms with van der Waals surface area (Å²) in [4.78, 5) is 1.01. The van der Waals surface area contributed by atoms with Crippen LogP contribution in [0.15, 0.2) is 71.6 Å². The van der Waals surface area contributed by atoms with Gasteiger partial charge in [-0.25, -0.2) is 0 Å². The van der Waals surface area contributed by atoms with Gasteiger partial charge in [-0.2, -0.15) is 18.6 Å². The highest BCUT2D eigenvalue weighted by Gasteiger charge is 2.33. The van der Waals surface area contributed by atoms with Crippen LogP contribution in [0.5, 0.6) is 5.75 Å². The molecule has 3 aromatic carbocycles. The third-order valence-electron chi connectivity index (χ3n) is 5.12. The van der Waals surface area contributed by atoms with Crippen molar-refractivity contribution in [1.29, 1.82) is 0 Å². The Labute approximate surface area is 197 Å². The lowest BCUT2D eigenvalue weighted by Crippen LogP contribution is -2.32. The van der Waals surface area contributed by atoms with Crippen LogP contribution in [-0.4, -0.2) is 13.2 Å². The number of anilines is 2. The number of nitrogens with one attached hydrogen (secondary N) is 1. The third-order valence-corrected chi connectivity index (χ3v) is 6.18. The fourth-order valence-electron chi connectivity index (χ4n) is 3.49. The molecule has 0 saturated carbocycles. The summed E-state index contributed by atoms with van der Waals surface area (Å²) in [5.74, 6) is 1.56. The molecule has 0 spiro atoms. The van der Waals surface area contributed by atoms with E-state index in [1.807, 2.05) is 56.3 Å². The van der Waals surface area contributed by atoms with Crippen molar-refractivity contribution in [3.8, 4) is 5.75 Å². The van der Waals surface area contributed by atoms with Crippen molar-refractivity contribution in [1.82, 2.24) is 5.42 Å². The number of alkyl halides is 3. The standard InChI is InChI=1S/C25H25F3N2O2S/c1-16(2)32-24-22-14-21(33-15-17-4-10-20(31-3)11-5-17)12-13-23(22)30(29-24)19-8-6-18(7-9-19)25(26,27)28/h4-14,16,24,29H,15H2,1-3H3/i/hD. The molecule has 0 saturated heterocycles. The van der Waals surface area contributed by atoms with Gasteiger partial charge in [0.2, 0.25) is 0 Å². The van der Waals surface area contributed by atoms with Crippen LogP contribution in [0, 0.1) is 0 Å². The van der Waals surface area contributed by atoms with Crippen molar-refractivity contribution < 1.29 is 24.1 Å². The number of hydrazine groups is 1. The number of rotatable bonds is 7. The van der Waals surface area contributed by atoms with Crippen LogP contribution in [0.3, 0.4) is 0 Å². The van der Waals surface area contributed by atoms with Crippen molar-refractivity contribution in [3.05, 3.63) is 83.4 Å². The van der Waals surface area contributed by atoms with Gasteiger partial charge in [-0.15, -0.1) is 11.8 Å². The molecule has 1 atom stereocenters. The van der Waals surface area contributed by atoms with Crippen molar-refractivity contribution in [2.75, 3.05) is 12.1 Å². The summed E-state index contributed by atoms with van der Waals surface area (Å²) in [5.41, 5.74) is 3.54. The molecule has 0 bridgehead atoms. The van der Waals surface area contributed by atoms with Crippen LogP contribution < -0.4 is 15.2 Å². The molecular weight excluding hydrogens is 449 g/mol. The van der Waals surface area contributed by atoms with E-state index in [1.54, 1.807) is 23.9 Å². The zero-order valence-electron chi connectivity index (χ0n) is 19.5. The monoisotopic (exact) mass is 475 g/mol. The van der Waals surface area contributed by atoms with E-state index in [0.29, 0.717) is 11.4 Å². The molecule has 4 nitrogen and oxygen atoms in total. The molecule has 0 aliphatic carbocycles. The van der Waals surface area contributed by atoms with Gasteiger partial charge in [0.1, 0.15) is 5.75 Å². The maximum atomic E-state index is 13.0. The van der Waals surface area contributed by atoms with E-state index in [4.69, 9.17) is 10.9 Å². The molecule has 1 aliphatic heterocycles. The van der Waals surface area contributed by atoms with Crippen molar-refractivity contribution in [3.63, 3.8) is 0 Å². The van der Waals surface area contributed by atoms with E-state index in [9.17, 15) is 13.2 Å². The number of hydrogen-bond donors (Lipinski definition) is 1. The number of hydrogen-bond acceptors (Lipinski definition) is 5. The van der Waals surface area contributed by atoms with E-state index in [-0.39, 0.29) is 6.10 Å². The van der Waals surface area contributed by atoms with Crippen molar-refractivity contribution >= 4 is 23.1 Å². The fraction of sp³-hybridized carbons (Fsp3) is 0.280. The number of thioether (sulfide) groups is 1. The number of halogens is 3. The van der Waals surface area contributed by atoms with Crippen LogP contribution in [-0.2, 0) is 16.7 Å². The van der Waals surface area contributed by atoms with Gasteiger partial charge >= 0.3 is 6.18 Å².